The number of rotatable bonds is 4. The Labute approximate surface area is 118 Å². The number of hydrogen-bond donors (Lipinski definition) is 2. The summed E-state index contributed by atoms with van der Waals surface area (Å²) in [6, 6.07) is 6.83. The monoisotopic (exact) mass is 291 g/mol. The van der Waals surface area contributed by atoms with Gasteiger partial charge < -0.3 is 5.73 Å². The smallest absolute Gasteiger partial charge is 0.242 e. The Kier molecular flexibility index (Phi) is 4.06. The maximum absolute atomic E-state index is 12.3. The Morgan fingerprint density at radius 1 is 1.25 bits per heavy atom. The fraction of sp³-hybridized carbons (Fsp3) is 0.214. The van der Waals surface area contributed by atoms with Crippen LogP contribution in [0, 0.1) is 13.8 Å². The maximum Gasteiger partial charge on any atom is 0.242 e. The maximum atomic E-state index is 12.3. The molecule has 0 unspecified atom stereocenters. The molecule has 0 atom stereocenters. The third kappa shape index (κ3) is 3.15. The topological polar surface area (TPSA) is 85.1 Å². The molecule has 1 aromatic heterocycles. The summed E-state index contributed by atoms with van der Waals surface area (Å²) >= 11 is 0. The highest BCUT2D eigenvalue weighted by Crippen LogP contribution is 2.22. The van der Waals surface area contributed by atoms with Gasteiger partial charge in [0.1, 0.15) is 4.90 Å². The van der Waals surface area contributed by atoms with Crippen molar-refractivity contribution in [1.82, 2.24) is 9.71 Å². The van der Waals surface area contributed by atoms with Crippen LogP contribution in [0.25, 0.3) is 0 Å². The van der Waals surface area contributed by atoms with E-state index >= 15 is 0 Å². The van der Waals surface area contributed by atoms with E-state index < -0.39 is 10.0 Å². The Hall–Kier alpha value is -1.92. The standard InChI is InChI=1S/C14H17N3O2S/c1-10-6-13(15)14(7-11(10)2)20(18,19)17-9-12-4-3-5-16-8-12/h3-8,17H,9,15H2,1-2H3. The quantitative estimate of drug-likeness (QED) is 0.841. The minimum Gasteiger partial charge on any atom is -0.398 e. The van der Waals surface area contributed by atoms with E-state index in [-0.39, 0.29) is 17.1 Å². The average Bonchev–Trinajstić information content (AvgIpc) is 2.42. The number of sulfonamides is 1. The fourth-order valence-corrected chi connectivity index (χ4v) is 3.02. The van der Waals surface area contributed by atoms with Crippen molar-refractivity contribution >= 4 is 15.7 Å². The zero-order valence-corrected chi connectivity index (χ0v) is 12.2. The molecule has 1 heterocycles. The molecule has 2 aromatic rings. The van der Waals surface area contributed by atoms with Gasteiger partial charge in [0.15, 0.2) is 0 Å². The minimum absolute atomic E-state index is 0.115. The van der Waals surface area contributed by atoms with Crippen LogP contribution in [0.4, 0.5) is 5.69 Å². The van der Waals surface area contributed by atoms with Gasteiger partial charge in [0.25, 0.3) is 0 Å². The molecule has 0 aliphatic carbocycles. The highest BCUT2D eigenvalue weighted by atomic mass is 32.2. The van der Waals surface area contributed by atoms with Gasteiger partial charge in [0, 0.05) is 18.9 Å². The van der Waals surface area contributed by atoms with Gasteiger partial charge in [-0.15, -0.1) is 0 Å². The van der Waals surface area contributed by atoms with Crippen LogP contribution in [0.15, 0.2) is 41.6 Å². The van der Waals surface area contributed by atoms with E-state index in [2.05, 4.69) is 9.71 Å². The molecule has 0 bridgehead atoms. The van der Waals surface area contributed by atoms with E-state index in [4.69, 9.17) is 5.73 Å². The number of benzene rings is 1. The summed E-state index contributed by atoms with van der Waals surface area (Å²) in [7, 11) is -3.63. The second-order valence-electron chi connectivity index (χ2n) is 4.66. The summed E-state index contributed by atoms with van der Waals surface area (Å²) in [5.41, 5.74) is 8.72. The highest BCUT2D eigenvalue weighted by molar-refractivity contribution is 7.89. The number of pyridine rings is 1. The molecule has 0 fully saturated rings. The Balaban J connectivity index is 2.25. The summed E-state index contributed by atoms with van der Waals surface area (Å²) in [5.74, 6) is 0. The van der Waals surface area contributed by atoms with Gasteiger partial charge in [-0.3, -0.25) is 4.98 Å². The second-order valence-corrected chi connectivity index (χ2v) is 6.40. The Morgan fingerprint density at radius 2 is 1.95 bits per heavy atom. The van der Waals surface area contributed by atoms with E-state index in [0.29, 0.717) is 0 Å². The first-order valence-corrected chi connectivity index (χ1v) is 7.64. The average molecular weight is 291 g/mol. The van der Waals surface area contributed by atoms with E-state index in [9.17, 15) is 8.42 Å². The predicted octanol–water partition coefficient (Wildman–Crippen LogP) is 1.76. The van der Waals surface area contributed by atoms with Gasteiger partial charge in [-0.2, -0.15) is 0 Å². The van der Waals surface area contributed by atoms with Crippen molar-refractivity contribution < 1.29 is 8.42 Å². The van der Waals surface area contributed by atoms with Crippen LogP contribution >= 0.6 is 0 Å². The zero-order chi connectivity index (χ0) is 14.8. The molecular weight excluding hydrogens is 274 g/mol. The SMILES string of the molecule is Cc1cc(N)c(S(=O)(=O)NCc2cccnc2)cc1C. The van der Waals surface area contributed by atoms with Crippen molar-refractivity contribution in [1.29, 1.82) is 0 Å². The molecule has 106 valence electrons. The van der Waals surface area contributed by atoms with Crippen molar-refractivity contribution in [2.45, 2.75) is 25.3 Å². The lowest BCUT2D eigenvalue weighted by Crippen LogP contribution is -2.24. The summed E-state index contributed by atoms with van der Waals surface area (Å²) < 4.78 is 27.1. The van der Waals surface area contributed by atoms with Crippen LogP contribution in [0.5, 0.6) is 0 Å². The number of hydrogen-bond acceptors (Lipinski definition) is 4. The lowest BCUT2D eigenvalue weighted by atomic mass is 10.1. The molecular formula is C14H17N3O2S. The highest BCUT2D eigenvalue weighted by Gasteiger charge is 2.18. The minimum atomic E-state index is -3.63. The van der Waals surface area contributed by atoms with Crippen molar-refractivity contribution in [2.75, 3.05) is 5.73 Å². The van der Waals surface area contributed by atoms with Crippen molar-refractivity contribution in [3.63, 3.8) is 0 Å². The van der Waals surface area contributed by atoms with Gasteiger partial charge >= 0.3 is 0 Å². The van der Waals surface area contributed by atoms with Gasteiger partial charge in [0.2, 0.25) is 10.0 Å². The van der Waals surface area contributed by atoms with Crippen molar-refractivity contribution in [3.8, 4) is 0 Å². The number of anilines is 1. The first-order chi connectivity index (χ1) is 9.40. The summed E-state index contributed by atoms with van der Waals surface area (Å²) in [6.07, 6.45) is 3.26. The number of nitrogens with zero attached hydrogens (tertiary/aromatic N) is 1. The molecule has 0 spiro atoms. The molecule has 6 heteroatoms. The predicted molar refractivity (Wildman–Crippen MR) is 78.6 cm³/mol. The molecule has 0 amide bonds. The molecule has 0 saturated heterocycles. The third-order valence-corrected chi connectivity index (χ3v) is 4.56. The van der Waals surface area contributed by atoms with Crippen LogP contribution in [0.1, 0.15) is 16.7 Å². The zero-order valence-electron chi connectivity index (χ0n) is 11.4. The van der Waals surface area contributed by atoms with E-state index in [1.807, 2.05) is 13.8 Å². The second kappa shape index (κ2) is 5.60. The summed E-state index contributed by atoms with van der Waals surface area (Å²) in [4.78, 5) is 4.06. The summed E-state index contributed by atoms with van der Waals surface area (Å²) in [6.45, 7) is 3.93. The molecule has 3 N–H and O–H groups in total. The van der Waals surface area contributed by atoms with Gasteiger partial charge in [0.05, 0.1) is 5.69 Å². The number of nitrogens with two attached hydrogens (primary N) is 1. The Bertz CT molecular complexity index is 713. The number of aryl methyl sites for hydroxylation is 2. The van der Waals surface area contributed by atoms with E-state index in [0.717, 1.165) is 16.7 Å². The van der Waals surface area contributed by atoms with Crippen LogP contribution in [0.3, 0.4) is 0 Å². The van der Waals surface area contributed by atoms with Gasteiger partial charge in [-0.05, 0) is 48.7 Å². The lowest BCUT2D eigenvalue weighted by molar-refractivity contribution is 0.581. The van der Waals surface area contributed by atoms with Crippen molar-refractivity contribution in [2.24, 2.45) is 0 Å². The lowest BCUT2D eigenvalue weighted by Gasteiger charge is -2.11. The molecule has 0 aliphatic heterocycles. The van der Waals surface area contributed by atoms with Crippen LogP contribution < -0.4 is 10.5 Å². The Morgan fingerprint density at radius 3 is 2.60 bits per heavy atom. The number of nitrogens with one attached hydrogen (secondary N) is 1. The van der Waals surface area contributed by atoms with E-state index in [1.165, 1.54) is 0 Å². The van der Waals surface area contributed by atoms with Gasteiger partial charge in [-0.1, -0.05) is 6.07 Å². The summed E-state index contributed by atoms with van der Waals surface area (Å²) in [5, 5.41) is 0. The molecule has 0 radical (unpaired) electrons. The van der Waals surface area contributed by atoms with Crippen molar-refractivity contribution in [3.05, 3.63) is 53.3 Å². The largest absolute Gasteiger partial charge is 0.398 e. The van der Waals surface area contributed by atoms with Gasteiger partial charge in [-0.25, -0.2) is 13.1 Å². The number of aromatic nitrogens is 1. The molecule has 0 saturated carbocycles. The first kappa shape index (κ1) is 14.5. The van der Waals surface area contributed by atoms with E-state index in [1.54, 1.807) is 36.7 Å². The molecule has 2 rings (SSSR count). The first-order valence-electron chi connectivity index (χ1n) is 6.15. The molecule has 5 nitrogen and oxygen atoms in total. The van der Waals surface area contributed by atoms with Crippen LogP contribution in [0.2, 0.25) is 0 Å². The third-order valence-electron chi connectivity index (χ3n) is 3.10. The molecule has 0 aliphatic rings. The molecule has 1 aromatic carbocycles. The van der Waals surface area contributed by atoms with Crippen LogP contribution in [-0.4, -0.2) is 13.4 Å². The van der Waals surface area contributed by atoms with Crippen LogP contribution in [-0.2, 0) is 16.6 Å². The fourth-order valence-electron chi connectivity index (χ4n) is 1.80. The molecule has 20 heavy (non-hydrogen) atoms. The normalized spacial score (nSPS) is 11.5. The number of nitrogen functional groups attached to an aromatic ring is 1.